The number of rotatable bonds is 4. The standard InChI is InChI=1S/C21H17ClN4O/c1-14(16-3-2-10-23-11-16)24-21(27)17-6-9-20-25-19(13-26(20)12-17)15-4-7-18(22)8-5-15/h2-14H,1H3,(H,24,27). The zero-order valence-corrected chi connectivity index (χ0v) is 15.4. The van der Waals surface area contributed by atoms with Gasteiger partial charge < -0.3 is 9.72 Å². The molecular formula is C21H17ClN4O. The molecule has 0 aliphatic rings. The molecule has 0 saturated heterocycles. The first-order chi connectivity index (χ1) is 13.1. The van der Waals surface area contributed by atoms with E-state index in [1.807, 2.05) is 60.0 Å². The van der Waals surface area contributed by atoms with Crippen molar-refractivity contribution in [3.05, 3.63) is 89.5 Å². The second-order valence-corrected chi connectivity index (χ2v) is 6.73. The van der Waals surface area contributed by atoms with Gasteiger partial charge >= 0.3 is 0 Å². The third kappa shape index (κ3) is 3.68. The first-order valence-corrected chi connectivity index (χ1v) is 8.93. The van der Waals surface area contributed by atoms with Gasteiger partial charge in [-0.3, -0.25) is 9.78 Å². The maximum absolute atomic E-state index is 12.6. The van der Waals surface area contributed by atoms with Gasteiger partial charge in [0.2, 0.25) is 0 Å². The SMILES string of the molecule is CC(NC(=O)c1ccc2nc(-c3ccc(Cl)cc3)cn2c1)c1cccnc1. The first-order valence-electron chi connectivity index (χ1n) is 8.55. The number of imidazole rings is 1. The van der Waals surface area contributed by atoms with Crippen LogP contribution in [0.4, 0.5) is 0 Å². The number of benzene rings is 1. The number of halogens is 1. The molecular weight excluding hydrogens is 360 g/mol. The number of carbonyl (C=O) groups excluding carboxylic acids is 1. The maximum atomic E-state index is 12.6. The summed E-state index contributed by atoms with van der Waals surface area (Å²) < 4.78 is 1.85. The van der Waals surface area contributed by atoms with Crippen molar-refractivity contribution in [2.75, 3.05) is 0 Å². The Labute approximate surface area is 161 Å². The zero-order valence-electron chi connectivity index (χ0n) is 14.6. The molecule has 1 N–H and O–H groups in total. The molecule has 0 radical (unpaired) electrons. The minimum absolute atomic E-state index is 0.130. The summed E-state index contributed by atoms with van der Waals surface area (Å²) in [6.07, 6.45) is 7.15. The minimum atomic E-state index is -0.144. The van der Waals surface area contributed by atoms with Crippen molar-refractivity contribution < 1.29 is 4.79 Å². The average molecular weight is 377 g/mol. The molecule has 4 rings (SSSR count). The topological polar surface area (TPSA) is 59.3 Å². The lowest BCUT2D eigenvalue weighted by molar-refractivity contribution is 0.0939. The first kappa shape index (κ1) is 17.2. The van der Waals surface area contributed by atoms with Gasteiger partial charge in [0, 0.05) is 35.4 Å². The highest BCUT2D eigenvalue weighted by atomic mass is 35.5. The summed E-state index contributed by atoms with van der Waals surface area (Å²) in [5.41, 5.74) is 4.10. The smallest absolute Gasteiger partial charge is 0.253 e. The minimum Gasteiger partial charge on any atom is -0.345 e. The number of hydrogen-bond donors (Lipinski definition) is 1. The Kier molecular flexibility index (Phi) is 4.60. The van der Waals surface area contributed by atoms with Gasteiger partial charge in [-0.2, -0.15) is 0 Å². The molecule has 0 fully saturated rings. The Morgan fingerprint density at radius 1 is 1.11 bits per heavy atom. The van der Waals surface area contributed by atoms with Crippen LogP contribution in [0.25, 0.3) is 16.9 Å². The summed E-state index contributed by atoms with van der Waals surface area (Å²) in [5, 5.41) is 3.68. The number of hydrogen-bond acceptors (Lipinski definition) is 3. The van der Waals surface area contributed by atoms with E-state index in [0.717, 1.165) is 22.5 Å². The number of fused-ring (bicyclic) bond motifs is 1. The van der Waals surface area contributed by atoms with Gasteiger partial charge in [-0.05, 0) is 42.8 Å². The van der Waals surface area contributed by atoms with Crippen molar-refractivity contribution in [1.82, 2.24) is 19.7 Å². The van der Waals surface area contributed by atoms with Gasteiger partial charge in [0.05, 0.1) is 17.3 Å². The van der Waals surface area contributed by atoms with Gasteiger partial charge in [-0.25, -0.2) is 4.98 Å². The van der Waals surface area contributed by atoms with Crippen LogP contribution in [0.1, 0.15) is 28.9 Å². The fourth-order valence-electron chi connectivity index (χ4n) is 2.88. The molecule has 1 unspecified atom stereocenters. The summed E-state index contributed by atoms with van der Waals surface area (Å²) in [4.78, 5) is 21.3. The number of carbonyl (C=O) groups is 1. The number of nitrogens with zero attached hydrogens (tertiary/aromatic N) is 3. The molecule has 0 aliphatic carbocycles. The molecule has 0 saturated carbocycles. The molecule has 5 nitrogen and oxygen atoms in total. The monoisotopic (exact) mass is 376 g/mol. The molecule has 4 aromatic rings. The van der Waals surface area contributed by atoms with E-state index in [1.165, 1.54) is 0 Å². The van der Waals surface area contributed by atoms with Gasteiger partial charge in [0.25, 0.3) is 5.91 Å². The Balaban J connectivity index is 1.57. The predicted octanol–water partition coefficient (Wildman–Crippen LogP) is 4.54. The van der Waals surface area contributed by atoms with Crippen molar-refractivity contribution in [2.24, 2.45) is 0 Å². The van der Waals surface area contributed by atoms with Gasteiger partial charge in [-0.1, -0.05) is 29.8 Å². The van der Waals surface area contributed by atoms with Crippen LogP contribution in [0.2, 0.25) is 5.02 Å². The van der Waals surface area contributed by atoms with E-state index in [-0.39, 0.29) is 11.9 Å². The second kappa shape index (κ2) is 7.21. The summed E-state index contributed by atoms with van der Waals surface area (Å²) >= 11 is 5.95. The van der Waals surface area contributed by atoms with E-state index < -0.39 is 0 Å². The van der Waals surface area contributed by atoms with E-state index >= 15 is 0 Å². The van der Waals surface area contributed by atoms with Crippen LogP contribution in [0.5, 0.6) is 0 Å². The molecule has 27 heavy (non-hydrogen) atoms. The molecule has 1 atom stereocenters. The van der Waals surface area contributed by atoms with Crippen LogP contribution in [0.15, 0.2) is 73.3 Å². The number of amides is 1. The summed E-state index contributed by atoms with van der Waals surface area (Å²) in [6, 6.07) is 14.8. The van der Waals surface area contributed by atoms with Crippen molar-refractivity contribution >= 4 is 23.2 Å². The van der Waals surface area contributed by atoms with E-state index in [9.17, 15) is 4.79 Å². The highest BCUT2D eigenvalue weighted by Gasteiger charge is 2.13. The molecule has 0 aliphatic heterocycles. The van der Waals surface area contributed by atoms with E-state index in [0.29, 0.717) is 10.6 Å². The van der Waals surface area contributed by atoms with Crippen LogP contribution < -0.4 is 5.32 Å². The summed E-state index contributed by atoms with van der Waals surface area (Å²) in [7, 11) is 0. The van der Waals surface area contributed by atoms with Gasteiger partial charge in [0.1, 0.15) is 5.65 Å². The lowest BCUT2D eigenvalue weighted by atomic mass is 10.1. The zero-order chi connectivity index (χ0) is 18.8. The van der Waals surface area contributed by atoms with Crippen LogP contribution in [0.3, 0.4) is 0 Å². The van der Waals surface area contributed by atoms with Gasteiger partial charge in [0.15, 0.2) is 0 Å². The molecule has 0 bridgehead atoms. The van der Waals surface area contributed by atoms with Gasteiger partial charge in [-0.15, -0.1) is 0 Å². The second-order valence-electron chi connectivity index (χ2n) is 6.30. The molecule has 3 aromatic heterocycles. The summed E-state index contributed by atoms with van der Waals surface area (Å²) in [5.74, 6) is -0.144. The Bertz CT molecular complexity index is 1090. The van der Waals surface area contributed by atoms with Crippen molar-refractivity contribution in [3.8, 4) is 11.3 Å². The largest absolute Gasteiger partial charge is 0.345 e. The molecule has 6 heteroatoms. The Morgan fingerprint density at radius 2 is 1.93 bits per heavy atom. The third-order valence-electron chi connectivity index (χ3n) is 4.39. The highest BCUT2D eigenvalue weighted by molar-refractivity contribution is 6.30. The Morgan fingerprint density at radius 3 is 2.67 bits per heavy atom. The molecule has 134 valence electrons. The average Bonchev–Trinajstić information content (AvgIpc) is 3.12. The normalized spacial score (nSPS) is 12.1. The predicted molar refractivity (Wildman–Crippen MR) is 106 cm³/mol. The number of nitrogens with one attached hydrogen (secondary N) is 1. The van der Waals surface area contributed by atoms with Crippen molar-refractivity contribution in [2.45, 2.75) is 13.0 Å². The highest BCUT2D eigenvalue weighted by Crippen LogP contribution is 2.22. The maximum Gasteiger partial charge on any atom is 0.253 e. The quantitative estimate of drug-likeness (QED) is 0.568. The third-order valence-corrected chi connectivity index (χ3v) is 4.64. The van der Waals surface area contributed by atoms with E-state index in [2.05, 4.69) is 15.3 Å². The lowest BCUT2D eigenvalue weighted by Crippen LogP contribution is -2.26. The molecule has 3 heterocycles. The van der Waals surface area contributed by atoms with Crippen molar-refractivity contribution in [1.29, 1.82) is 0 Å². The van der Waals surface area contributed by atoms with Crippen molar-refractivity contribution in [3.63, 3.8) is 0 Å². The summed E-state index contributed by atoms with van der Waals surface area (Å²) in [6.45, 7) is 1.93. The van der Waals surface area contributed by atoms with Crippen LogP contribution in [0, 0.1) is 0 Å². The number of pyridine rings is 2. The van der Waals surface area contributed by atoms with Crippen LogP contribution in [-0.4, -0.2) is 20.3 Å². The van der Waals surface area contributed by atoms with Crippen LogP contribution in [-0.2, 0) is 0 Å². The number of aromatic nitrogens is 3. The lowest BCUT2D eigenvalue weighted by Gasteiger charge is -2.13. The van der Waals surface area contributed by atoms with E-state index in [4.69, 9.17) is 11.6 Å². The fraction of sp³-hybridized carbons (Fsp3) is 0.0952. The fourth-order valence-corrected chi connectivity index (χ4v) is 3.01. The molecule has 1 amide bonds. The molecule has 0 spiro atoms. The van der Waals surface area contributed by atoms with E-state index in [1.54, 1.807) is 24.7 Å². The molecule has 1 aromatic carbocycles. The van der Waals surface area contributed by atoms with Crippen LogP contribution >= 0.6 is 11.6 Å². The Hall–Kier alpha value is -3.18.